The van der Waals surface area contributed by atoms with Gasteiger partial charge >= 0.3 is 0 Å². The van der Waals surface area contributed by atoms with Crippen molar-refractivity contribution in [1.29, 1.82) is 0 Å². The van der Waals surface area contributed by atoms with Gasteiger partial charge in [0.25, 0.3) is 0 Å². The summed E-state index contributed by atoms with van der Waals surface area (Å²) in [6.45, 7) is 0.376. The quantitative estimate of drug-likeness (QED) is 0.625. The predicted molar refractivity (Wildman–Crippen MR) is 64.5 cm³/mol. The number of rotatable bonds is 7. The van der Waals surface area contributed by atoms with Gasteiger partial charge in [-0.25, -0.2) is 0 Å². The number of aliphatic hydroxyl groups is 1. The van der Waals surface area contributed by atoms with Gasteiger partial charge in [0.1, 0.15) is 5.75 Å². The Bertz CT molecular complexity index is 369. The van der Waals surface area contributed by atoms with Gasteiger partial charge in [-0.1, -0.05) is 12.1 Å². The van der Waals surface area contributed by atoms with Crippen LogP contribution in [-0.4, -0.2) is 30.7 Å². The van der Waals surface area contributed by atoms with Gasteiger partial charge in [-0.15, -0.1) is 0 Å². The molecule has 17 heavy (non-hydrogen) atoms. The molecule has 0 aliphatic carbocycles. The zero-order valence-corrected chi connectivity index (χ0v) is 9.85. The molecule has 1 amide bonds. The van der Waals surface area contributed by atoms with E-state index in [1.54, 1.807) is 19.2 Å². The van der Waals surface area contributed by atoms with Crippen LogP contribution in [0.1, 0.15) is 12.0 Å². The number of primary amides is 1. The van der Waals surface area contributed by atoms with E-state index in [0.717, 1.165) is 5.56 Å². The Morgan fingerprint density at radius 2 is 2.35 bits per heavy atom. The van der Waals surface area contributed by atoms with Crippen molar-refractivity contribution in [2.24, 2.45) is 5.73 Å². The standard InChI is InChI=1S/C12H18N2O3/c1-14-11(12(13)16)5-6-17-10-4-2-3-9(7-10)8-15/h2-4,7,11,14-15H,5-6,8H2,1H3,(H2,13,16). The number of hydrogen-bond acceptors (Lipinski definition) is 4. The molecule has 1 unspecified atom stereocenters. The number of carbonyl (C=O) groups excluding carboxylic acids is 1. The fourth-order valence-corrected chi connectivity index (χ4v) is 1.46. The second-order valence-electron chi connectivity index (χ2n) is 3.69. The summed E-state index contributed by atoms with van der Waals surface area (Å²) in [5.74, 6) is 0.288. The highest BCUT2D eigenvalue weighted by Gasteiger charge is 2.12. The zero-order valence-electron chi connectivity index (χ0n) is 9.85. The van der Waals surface area contributed by atoms with Crippen molar-refractivity contribution >= 4 is 5.91 Å². The van der Waals surface area contributed by atoms with Crippen molar-refractivity contribution in [2.45, 2.75) is 19.1 Å². The van der Waals surface area contributed by atoms with Crippen LogP contribution in [-0.2, 0) is 11.4 Å². The second kappa shape index (κ2) is 6.88. The van der Waals surface area contributed by atoms with Crippen molar-refractivity contribution in [3.63, 3.8) is 0 Å². The maximum Gasteiger partial charge on any atom is 0.234 e. The summed E-state index contributed by atoms with van der Waals surface area (Å²) in [7, 11) is 1.68. The summed E-state index contributed by atoms with van der Waals surface area (Å²) >= 11 is 0. The summed E-state index contributed by atoms with van der Waals surface area (Å²) in [6.07, 6.45) is 0.509. The Morgan fingerprint density at radius 3 is 2.94 bits per heavy atom. The minimum Gasteiger partial charge on any atom is -0.494 e. The van der Waals surface area contributed by atoms with Gasteiger partial charge in [0.15, 0.2) is 0 Å². The van der Waals surface area contributed by atoms with Crippen LogP contribution in [0.5, 0.6) is 5.75 Å². The van der Waals surface area contributed by atoms with E-state index in [0.29, 0.717) is 18.8 Å². The molecule has 0 heterocycles. The third-order valence-electron chi connectivity index (χ3n) is 2.45. The molecule has 5 nitrogen and oxygen atoms in total. The van der Waals surface area contributed by atoms with Crippen LogP contribution in [0.4, 0.5) is 0 Å². The summed E-state index contributed by atoms with van der Waals surface area (Å²) < 4.78 is 5.47. The number of amides is 1. The van der Waals surface area contributed by atoms with Crippen LogP contribution in [0.3, 0.4) is 0 Å². The molecule has 1 aromatic carbocycles. The molecule has 1 atom stereocenters. The highest BCUT2D eigenvalue weighted by atomic mass is 16.5. The lowest BCUT2D eigenvalue weighted by Gasteiger charge is -2.13. The van der Waals surface area contributed by atoms with Gasteiger partial charge in [-0.05, 0) is 24.7 Å². The number of nitrogens with one attached hydrogen (secondary N) is 1. The first-order chi connectivity index (χ1) is 8.17. The van der Waals surface area contributed by atoms with Gasteiger partial charge in [0, 0.05) is 6.42 Å². The molecule has 0 aromatic heterocycles. The maximum atomic E-state index is 10.9. The maximum absolute atomic E-state index is 10.9. The van der Waals surface area contributed by atoms with Crippen LogP contribution >= 0.6 is 0 Å². The molecule has 0 aliphatic heterocycles. The van der Waals surface area contributed by atoms with Crippen LogP contribution in [0.15, 0.2) is 24.3 Å². The van der Waals surface area contributed by atoms with E-state index >= 15 is 0 Å². The Balaban J connectivity index is 2.42. The topological polar surface area (TPSA) is 84.6 Å². The molecule has 0 spiro atoms. The first-order valence-corrected chi connectivity index (χ1v) is 5.46. The van der Waals surface area contributed by atoms with E-state index in [2.05, 4.69) is 5.32 Å². The molecule has 0 bridgehead atoms. The summed E-state index contributed by atoms with van der Waals surface area (Å²) in [5.41, 5.74) is 5.98. The van der Waals surface area contributed by atoms with E-state index in [-0.39, 0.29) is 18.6 Å². The summed E-state index contributed by atoms with van der Waals surface area (Å²) in [6, 6.07) is 6.81. The molecule has 0 radical (unpaired) electrons. The normalized spacial score (nSPS) is 12.1. The highest BCUT2D eigenvalue weighted by molar-refractivity contribution is 5.79. The Morgan fingerprint density at radius 1 is 1.59 bits per heavy atom. The number of ether oxygens (including phenoxy) is 1. The molecule has 1 rings (SSSR count). The van der Waals surface area contributed by atoms with E-state index < -0.39 is 0 Å². The lowest BCUT2D eigenvalue weighted by molar-refractivity contribution is -0.120. The minimum absolute atomic E-state index is 0.0162. The molecule has 0 saturated heterocycles. The highest BCUT2D eigenvalue weighted by Crippen LogP contribution is 2.13. The van der Waals surface area contributed by atoms with Crippen LogP contribution in [0, 0.1) is 0 Å². The first kappa shape index (κ1) is 13.5. The largest absolute Gasteiger partial charge is 0.494 e. The van der Waals surface area contributed by atoms with Gasteiger partial charge in [-0.2, -0.15) is 0 Å². The molecule has 5 heteroatoms. The Labute approximate surface area is 101 Å². The lowest BCUT2D eigenvalue weighted by atomic mass is 10.2. The SMILES string of the molecule is CNC(CCOc1cccc(CO)c1)C(N)=O. The Hall–Kier alpha value is -1.59. The number of nitrogens with two attached hydrogens (primary N) is 1. The lowest BCUT2D eigenvalue weighted by Crippen LogP contribution is -2.40. The number of hydrogen-bond donors (Lipinski definition) is 3. The molecule has 1 aromatic rings. The van der Waals surface area contributed by atoms with Crippen molar-refractivity contribution in [3.8, 4) is 5.75 Å². The van der Waals surface area contributed by atoms with Gasteiger partial charge in [-0.3, -0.25) is 4.79 Å². The summed E-state index contributed by atoms with van der Waals surface area (Å²) in [5, 5.41) is 11.8. The van der Waals surface area contributed by atoms with Crippen LogP contribution in [0.2, 0.25) is 0 Å². The molecular formula is C12H18N2O3. The van der Waals surface area contributed by atoms with Crippen molar-refractivity contribution in [1.82, 2.24) is 5.32 Å². The average molecular weight is 238 g/mol. The average Bonchev–Trinajstić information content (AvgIpc) is 2.34. The van der Waals surface area contributed by atoms with Gasteiger partial charge < -0.3 is 20.9 Å². The molecule has 4 N–H and O–H groups in total. The van der Waals surface area contributed by atoms with Crippen molar-refractivity contribution in [2.75, 3.05) is 13.7 Å². The number of benzene rings is 1. The number of likely N-dealkylation sites (N-methyl/N-ethyl adjacent to an activating group) is 1. The minimum atomic E-state index is -0.389. The van der Waals surface area contributed by atoms with E-state index in [9.17, 15) is 4.79 Å². The van der Waals surface area contributed by atoms with Crippen molar-refractivity contribution < 1.29 is 14.6 Å². The molecule has 0 aliphatic rings. The van der Waals surface area contributed by atoms with Gasteiger partial charge in [0.05, 0.1) is 19.3 Å². The zero-order chi connectivity index (χ0) is 12.7. The molecule has 0 saturated carbocycles. The molecule has 0 fully saturated rings. The number of aliphatic hydroxyl groups excluding tert-OH is 1. The van der Waals surface area contributed by atoms with Crippen LogP contribution in [0.25, 0.3) is 0 Å². The van der Waals surface area contributed by atoms with Crippen LogP contribution < -0.4 is 15.8 Å². The van der Waals surface area contributed by atoms with E-state index in [4.69, 9.17) is 15.6 Å². The fourth-order valence-electron chi connectivity index (χ4n) is 1.46. The second-order valence-corrected chi connectivity index (χ2v) is 3.69. The summed E-state index contributed by atoms with van der Waals surface area (Å²) in [4.78, 5) is 10.9. The third-order valence-corrected chi connectivity index (χ3v) is 2.45. The predicted octanol–water partition coefficient (Wildman–Crippen LogP) is 0.0211. The van der Waals surface area contributed by atoms with Crippen molar-refractivity contribution in [3.05, 3.63) is 29.8 Å². The van der Waals surface area contributed by atoms with E-state index in [1.807, 2.05) is 12.1 Å². The Kier molecular flexibility index (Phi) is 5.45. The third kappa shape index (κ3) is 4.42. The smallest absolute Gasteiger partial charge is 0.234 e. The van der Waals surface area contributed by atoms with Gasteiger partial charge in [0.2, 0.25) is 5.91 Å². The first-order valence-electron chi connectivity index (χ1n) is 5.46. The monoisotopic (exact) mass is 238 g/mol. The molecule has 94 valence electrons. The fraction of sp³-hybridized carbons (Fsp3) is 0.417. The molecular weight excluding hydrogens is 220 g/mol. The van der Waals surface area contributed by atoms with E-state index in [1.165, 1.54) is 0 Å². The number of carbonyl (C=O) groups is 1.